The lowest BCUT2D eigenvalue weighted by Gasteiger charge is -2.51. The van der Waals surface area contributed by atoms with Crippen molar-refractivity contribution in [3.8, 4) is 22.3 Å². The van der Waals surface area contributed by atoms with E-state index in [2.05, 4.69) is 213 Å². The van der Waals surface area contributed by atoms with Gasteiger partial charge in [-0.2, -0.15) is 0 Å². The van der Waals surface area contributed by atoms with Crippen molar-refractivity contribution in [3.05, 3.63) is 209 Å². The second-order valence-electron chi connectivity index (χ2n) is 21.3. The largest absolute Gasteiger partial charge is 0.454 e. The van der Waals surface area contributed by atoms with Gasteiger partial charge in [-0.05, 0) is 133 Å². The Kier molecular flexibility index (Phi) is 6.99. The normalized spacial score (nSPS) is 17.0. The Labute approximate surface area is 400 Å². The molecule has 5 heteroatoms. The highest BCUT2D eigenvalue weighted by molar-refractivity contribution is 7.25. The number of fused-ring (bicyclic) bond motifs is 21. The molecule has 0 fully saturated rings. The SMILES string of the molecule is CC1(C)CCC(C)(C)c2cc(N3B4c5cccc6c5N(c5ccccc5C65c6ccccc6-c6ccccc65)c5c4c(cc4c5oc5ccccc54)-c4cc5c(cc43)sc3ccccc35)ccc21. The van der Waals surface area contributed by atoms with Crippen molar-refractivity contribution in [2.75, 3.05) is 9.71 Å². The molecule has 322 valence electrons. The summed E-state index contributed by atoms with van der Waals surface area (Å²) in [5.74, 6) is 0. The van der Waals surface area contributed by atoms with Crippen LogP contribution in [0.3, 0.4) is 0 Å². The van der Waals surface area contributed by atoms with E-state index in [0.29, 0.717) is 0 Å². The third kappa shape index (κ3) is 4.44. The molecule has 16 rings (SSSR count). The fraction of sp³-hybridized carbons (Fsp3) is 0.143. The predicted molar refractivity (Wildman–Crippen MR) is 286 cm³/mol. The van der Waals surface area contributed by atoms with Crippen LogP contribution < -0.4 is 20.6 Å². The topological polar surface area (TPSA) is 19.6 Å². The van der Waals surface area contributed by atoms with Crippen LogP contribution >= 0.6 is 11.3 Å². The molecule has 1 spiro atoms. The third-order valence-corrected chi connectivity index (χ3v) is 18.2. The Hall–Kier alpha value is -7.34. The number of benzene rings is 9. The molecule has 0 radical (unpaired) electrons. The first-order valence-electron chi connectivity index (χ1n) is 24.3. The summed E-state index contributed by atoms with van der Waals surface area (Å²) in [5, 5.41) is 4.91. The van der Waals surface area contributed by atoms with Crippen LogP contribution in [0.4, 0.5) is 28.4 Å². The van der Waals surface area contributed by atoms with Gasteiger partial charge in [0.25, 0.3) is 0 Å². The van der Waals surface area contributed by atoms with Crippen LogP contribution in [-0.2, 0) is 16.2 Å². The average molecular weight is 889 g/mol. The van der Waals surface area contributed by atoms with Gasteiger partial charge in [-0.15, -0.1) is 11.3 Å². The zero-order valence-corrected chi connectivity index (χ0v) is 39.3. The quantitative estimate of drug-likeness (QED) is 0.153. The molecule has 3 aliphatic heterocycles. The van der Waals surface area contributed by atoms with Crippen LogP contribution in [0.25, 0.3) is 64.4 Å². The molecule has 9 aromatic carbocycles. The van der Waals surface area contributed by atoms with Gasteiger partial charge in [0.1, 0.15) is 5.58 Å². The highest BCUT2D eigenvalue weighted by Gasteiger charge is 2.56. The molecule has 2 aliphatic carbocycles. The highest BCUT2D eigenvalue weighted by Crippen LogP contribution is 2.65. The van der Waals surface area contributed by atoms with Crippen molar-refractivity contribution >= 4 is 99.7 Å². The van der Waals surface area contributed by atoms with Crippen molar-refractivity contribution in [3.63, 3.8) is 0 Å². The number of hydrogen-bond donors (Lipinski definition) is 0. The first kappa shape index (κ1) is 37.7. The molecule has 2 aromatic heterocycles. The molecule has 3 nitrogen and oxygen atoms in total. The number of anilines is 5. The number of rotatable bonds is 1. The fourth-order valence-electron chi connectivity index (χ4n) is 14.0. The summed E-state index contributed by atoms with van der Waals surface area (Å²) in [5.41, 5.74) is 23.5. The van der Waals surface area contributed by atoms with Crippen LogP contribution in [0.1, 0.15) is 73.9 Å². The average Bonchev–Trinajstić information content (AvgIpc) is 4.03. The Morgan fingerprint density at radius 2 is 1.13 bits per heavy atom. The second kappa shape index (κ2) is 12.6. The van der Waals surface area contributed by atoms with Crippen LogP contribution in [0, 0.1) is 0 Å². The van der Waals surface area contributed by atoms with Crippen molar-refractivity contribution in [2.24, 2.45) is 0 Å². The lowest BCUT2D eigenvalue weighted by molar-refractivity contribution is 0.332. The van der Waals surface area contributed by atoms with Gasteiger partial charge in [-0.1, -0.05) is 155 Å². The van der Waals surface area contributed by atoms with E-state index in [1.54, 1.807) is 0 Å². The van der Waals surface area contributed by atoms with E-state index in [1.807, 2.05) is 11.3 Å². The molecule has 68 heavy (non-hydrogen) atoms. The summed E-state index contributed by atoms with van der Waals surface area (Å²) in [6, 6.07) is 67.5. The van der Waals surface area contributed by atoms with Crippen molar-refractivity contribution < 1.29 is 4.42 Å². The molecule has 5 aliphatic rings. The minimum atomic E-state index is -0.546. The Balaban J connectivity index is 1.10. The molecule has 0 unspecified atom stereocenters. The molecule has 0 saturated heterocycles. The van der Waals surface area contributed by atoms with E-state index in [-0.39, 0.29) is 17.7 Å². The lowest BCUT2D eigenvalue weighted by Crippen LogP contribution is -2.62. The summed E-state index contributed by atoms with van der Waals surface area (Å²) in [4.78, 5) is 5.38. The van der Waals surface area contributed by atoms with Crippen LogP contribution in [0.15, 0.2) is 180 Å². The zero-order chi connectivity index (χ0) is 45.0. The summed E-state index contributed by atoms with van der Waals surface area (Å²) >= 11 is 1.91. The Morgan fingerprint density at radius 1 is 0.471 bits per heavy atom. The molecular weight excluding hydrogens is 844 g/mol. The summed E-state index contributed by atoms with van der Waals surface area (Å²) in [7, 11) is 0. The number of para-hydroxylation sites is 3. The van der Waals surface area contributed by atoms with Gasteiger partial charge in [0, 0.05) is 53.6 Å². The summed E-state index contributed by atoms with van der Waals surface area (Å²) in [6.07, 6.45) is 2.33. The Bertz CT molecular complexity index is 4050. The zero-order valence-electron chi connectivity index (χ0n) is 38.4. The predicted octanol–water partition coefficient (Wildman–Crippen LogP) is 15.7. The van der Waals surface area contributed by atoms with E-state index in [9.17, 15) is 0 Å². The first-order valence-corrected chi connectivity index (χ1v) is 25.1. The molecule has 0 bridgehead atoms. The number of hydrogen-bond acceptors (Lipinski definition) is 4. The van der Waals surface area contributed by atoms with Crippen LogP contribution in [0.2, 0.25) is 0 Å². The first-order chi connectivity index (χ1) is 33.2. The molecule has 0 amide bonds. The van der Waals surface area contributed by atoms with Gasteiger partial charge in [0.05, 0.1) is 16.8 Å². The van der Waals surface area contributed by atoms with Crippen LogP contribution in [-0.4, -0.2) is 6.85 Å². The molecule has 0 N–H and O–H groups in total. The standard InChI is InChI=1S/C63H45BN2OS/c1-61(2)30-31-62(3,4)50-32-36(28-29-47(50)61)66-53-35-56-42(40-19-8-14-27-55(40)68-56)33-41(53)43-34-44-39-18-7-13-26-54(39)67-60(44)59-57(43)64(66)51-24-15-23-49-58(51)65(59)52-25-12-11-22-48(52)63(49)45-20-9-5-16-37(45)38-17-6-10-21-46(38)63/h5-29,32-35H,30-31H2,1-4H3. The minimum Gasteiger partial charge on any atom is -0.454 e. The molecule has 0 saturated carbocycles. The van der Waals surface area contributed by atoms with Gasteiger partial charge in [-0.25, -0.2) is 0 Å². The van der Waals surface area contributed by atoms with Crippen molar-refractivity contribution in [1.29, 1.82) is 0 Å². The number of nitrogens with zero attached hydrogens (tertiary/aromatic N) is 2. The smallest absolute Gasteiger partial charge is 0.333 e. The van der Waals surface area contributed by atoms with E-state index >= 15 is 0 Å². The Morgan fingerprint density at radius 3 is 1.94 bits per heavy atom. The molecular formula is C63H45BN2OS. The van der Waals surface area contributed by atoms with Gasteiger partial charge < -0.3 is 14.1 Å². The maximum atomic E-state index is 7.29. The number of thiophene rings is 1. The molecule has 0 atom stereocenters. The molecule has 5 heterocycles. The van der Waals surface area contributed by atoms with E-state index in [4.69, 9.17) is 4.42 Å². The van der Waals surface area contributed by atoms with E-state index in [1.165, 1.54) is 116 Å². The van der Waals surface area contributed by atoms with Gasteiger partial charge >= 0.3 is 6.85 Å². The van der Waals surface area contributed by atoms with Crippen molar-refractivity contribution in [2.45, 2.75) is 56.8 Å². The maximum absolute atomic E-state index is 7.29. The van der Waals surface area contributed by atoms with Gasteiger partial charge in [-0.3, -0.25) is 0 Å². The highest BCUT2D eigenvalue weighted by atomic mass is 32.1. The minimum absolute atomic E-state index is 0.0348. The maximum Gasteiger partial charge on any atom is 0.333 e. The van der Waals surface area contributed by atoms with Gasteiger partial charge in [0.15, 0.2) is 5.58 Å². The monoisotopic (exact) mass is 888 g/mol. The molecule has 11 aromatic rings. The summed E-state index contributed by atoms with van der Waals surface area (Å²) in [6.45, 7) is 9.63. The van der Waals surface area contributed by atoms with Gasteiger partial charge in [0.2, 0.25) is 0 Å². The number of furan rings is 1. The van der Waals surface area contributed by atoms with Crippen LogP contribution in [0.5, 0.6) is 0 Å². The van der Waals surface area contributed by atoms with E-state index in [0.717, 1.165) is 34.0 Å². The second-order valence-corrected chi connectivity index (χ2v) is 22.4. The summed E-state index contributed by atoms with van der Waals surface area (Å²) < 4.78 is 9.92. The fourth-order valence-corrected chi connectivity index (χ4v) is 15.1. The van der Waals surface area contributed by atoms with E-state index < -0.39 is 5.41 Å². The lowest BCUT2D eigenvalue weighted by atomic mass is 9.42. The van der Waals surface area contributed by atoms with Crippen molar-refractivity contribution in [1.82, 2.24) is 0 Å². The third-order valence-electron chi connectivity index (χ3n) is 17.1.